The predicted octanol–water partition coefficient (Wildman–Crippen LogP) is 2.60. The first-order valence-corrected chi connectivity index (χ1v) is 10.1. The summed E-state index contributed by atoms with van der Waals surface area (Å²) in [6.07, 6.45) is 1.26. The molecule has 31 heavy (non-hydrogen) atoms. The molecule has 1 aliphatic rings. The molecule has 0 spiro atoms. The summed E-state index contributed by atoms with van der Waals surface area (Å²) in [6, 6.07) is 13.2. The number of benzene rings is 2. The Labute approximate surface area is 180 Å². The summed E-state index contributed by atoms with van der Waals surface area (Å²) in [4.78, 5) is 49.4. The molecule has 0 atom stereocenters. The molecule has 1 heterocycles. The highest BCUT2D eigenvalue weighted by molar-refractivity contribution is 5.97. The van der Waals surface area contributed by atoms with E-state index in [1.54, 1.807) is 53.4 Å². The van der Waals surface area contributed by atoms with Crippen LogP contribution in [0.15, 0.2) is 48.5 Å². The average molecular weight is 423 g/mol. The molecule has 3 amide bonds. The molecule has 0 aromatic heterocycles. The number of piperidine rings is 1. The number of hydrogen-bond acceptors (Lipinski definition) is 5. The van der Waals surface area contributed by atoms with E-state index in [1.165, 1.54) is 13.8 Å². The van der Waals surface area contributed by atoms with E-state index in [-0.39, 0.29) is 23.8 Å². The molecule has 2 aromatic carbocycles. The molecule has 162 valence electrons. The lowest BCUT2D eigenvalue weighted by Gasteiger charge is -2.32. The molecule has 2 N–H and O–H groups in total. The van der Waals surface area contributed by atoms with Crippen LogP contribution in [0.5, 0.6) is 5.75 Å². The first-order valence-electron chi connectivity index (χ1n) is 10.1. The van der Waals surface area contributed by atoms with Gasteiger partial charge < -0.3 is 20.3 Å². The molecule has 1 saturated heterocycles. The van der Waals surface area contributed by atoms with E-state index in [1.807, 2.05) is 0 Å². The van der Waals surface area contributed by atoms with E-state index in [2.05, 4.69) is 10.6 Å². The first-order chi connectivity index (χ1) is 14.8. The van der Waals surface area contributed by atoms with Gasteiger partial charge in [-0.15, -0.1) is 0 Å². The largest absolute Gasteiger partial charge is 0.427 e. The zero-order valence-electron chi connectivity index (χ0n) is 17.5. The average Bonchev–Trinajstić information content (AvgIpc) is 2.73. The Kier molecular flexibility index (Phi) is 7.02. The van der Waals surface area contributed by atoms with Crippen molar-refractivity contribution in [3.05, 3.63) is 59.7 Å². The minimum Gasteiger partial charge on any atom is -0.427 e. The number of carbonyl (C=O) groups is 4. The maximum absolute atomic E-state index is 12.8. The number of carbonyl (C=O) groups excluding carboxylic acids is 4. The zero-order valence-corrected chi connectivity index (χ0v) is 17.5. The van der Waals surface area contributed by atoms with Gasteiger partial charge in [0.2, 0.25) is 5.91 Å². The molecule has 1 aliphatic heterocycles. The number of hydrogen-bond donors (Lipinski definition) is 2. The second-order valence-electron chi connectivity index (χ2n) is 7.42. The topological polar surface area (TPSA) is 105 Å². The van der Waals surface area contributed by atoms with Crippen LogP contribution in [-0.2, 0) is 9.59 Å². The van der Waals surface area contributed by atoms with Crippen molar-refractivity contribution in [3.63, 3.8) is 0 Å². The normalized spacial score (nSPS) is 13.9. The summed E-state index contributed by atoms with van der Waals surface area (Å²) in [5, 5.41) is 5.66. The van der Waals surface area contributed by atoms with Crippen LogP contribution in [0.25, 0.3) is 0 Å². The van der Waals surface area contributed by atoms with Gasteiger partial charge in [-0.2, -0.15) is 0 Å². The van der Waals surface area contributed by atoms with Crippen molar-refractivity contribution in [3.8, 4) is 5.75 Å². The molecule has 3 rings (SSSR count). The highest BCUT2D eigenvalue weighted by Gasteiger charge is 2.25. The summed E-state index contributed by atoms with van der Waals surface area (Å²) in [6.45, 7) is 3.74. The summed E-state index contributed by atoms with van der Waals surface area (Å²) >= 11 is 0. The predicted molar refractivity (Wildman–Crippen MR) is 115 cm³/mol. The number of anilines is 1. The molecule has 0 radical (unpaired) electrons. The minimum atomic E-state index is -0.441. The SMILES string of the molecule is CC(=O)Nc1cccc(C(=O)NC2CCN(C(=O)c3cccc(OC(C)=O)c3)CC2)c1. The standard InChI is InChI=1S/C23H25N3O5/c1-15(27)24-20-7-3-5-17(13-20)22(29)25-19-9-11-26(12-10-19)23(30)18-6-4-8-21(14-18)31-16(2)28/h3-8,13-14,19H,9-12H2,1-2H3,(H,24,27)(H,25,29). The second kappa shape index (κ2) is 9.88. The first kappa shape index (κ1) is 22.0. The molecule has 2 aromatic rings. The van der Waals surface area contributed by atoms with Crippen molar-refractivity contribution in [1.82, 2.24) is 10.2 Å². The van der Waals surface area contributed by atoms with E-state index in [0.717, 1.165) is 0 Å². The minimum absolute atomic E-state index is 0.0478. The van der Waals surface area contributed by atoms with Gasteiger partial charge in [0.05, 0.1) is 0 Å². The van der Waals surface area contributed by atoms with Crippen molar-refractivity contribution in [1.29, 1.82) is 0 Å². The van der Waals surface area contributed by atoms with Crippen molar-refractivity contribution >= 4 is 29.4 Å². The lowest BCUT2D eigenvalue weighted by molar-refractivity contribution is -0.131. The number of likely N-dealkylation sites (tertiary alicyclic amines) is 1. The monoisotopic (exact) mass is 423 g/mol. The molecule has 8 nitrogen and oxygen atoms in total. The van der Waals surface area contributed by atoms with Crippen molar-refractivity contribution in [2.75, 3.05) is 18.4 Å². The van der Waals surface area contributed by atoms with Gasteiger partial charge in [-0.3, -0.25) is 19.2 Å². The van der Waals surface area contributed by atoms with Crippen LogP contribution in [0, 0.1) is 0 Å². The van der Waals surface area contributed by atoms with Crippen LogP contribution in [0.4, 0.5) is 5.69 Å². The van der Waals surface area contributed by atoms with Gasteiger partial charge in [-0.25, -0.2) is 0 Å². The Bertz CT molecular complexity index is 996. The number of esters is 1. The number of ether oxygens (including phenoxy) is 1. The van der Waals surface area contributed by atoms with Gasteiger partial charge in [0.25, 0.3) is 11.8 Å². The number of amides is 3. The number of nitrogens with zero attached hydrogens (tertiary/aromatic N) is 1. The van der Waals surface area contributed by atoms with Crippen LogP contribution in [0.2, 0.25) is 0 Å². The third-order valence-electron chi connectivity index (χ3n) is 4.91. The van der Waals surface area contributed by atoms with E-state index >= 15 is 0 Å². The molecule has 8 heteroatoms. The number of nitrogens with one attached hydrogen (secondary N) is 2. The second-order valence-corrected chi connectivity index (χ2v) is 7.42. The van der Waals surface area contributed by atoms with Gasteiger partial charge >= 0.3 is 5.97 Å². The van der Waals surface area contributed by atoms with E-state index in [0.29, 0.717) is 48.5 Å². The molecule has 0 unspecified atom stereocenters. The van der Waals surface area contributed by atoms with Crippen molar-refractivity contribution < 1.29 is 23.9 Å². The van der Waals surface area contributed by atoms with Crippen LogP contribution in [0.1, 0.15) is 47.4 Å². The summed E-state index contributed by atoms with van der Waals surface area (Å²) in [5.41, 5.74) is 1.49. The van der Waals surface area contributed by atoms with Crippen LogP contribution in [0.3, 0.4) is 0 Å². The Morgan fingerprint density at radius 3 is 2.29 bits per heavy atom. The maximum Gasteiger partial charge on any atom is 0.308 e. The van der Waals surface area contributed by atoms with E-state index in [9.17, 15) is 19.2 Å². The lowest BCUT2D eigenvalue weighted by atomic mass is 10.0. The molecular weight excluding hydrogens is 398 g/mol. The Morgan fingerprint density at radius 2 is 1.61 bits per heavy atom. The molecule has 0 saturated carbocycles. The van der Waals surface area contributed by atoms with Gasteiger partial charge in [0.15, 0.2) is 0 Å². The van der Waals surface area contributed by atoms with Crippen LogP contribution in [-0.4, -0.2) is 47.7 Å². The summed E-state index contributed by atoms with van der Waals surface area (Å²) < 4.78 is 5.04. The summed E-state index contributed by atoms with van der Waals surface area (Å²) in [5.74, 6) is -0.661. The Hall–Kier alpha value is -3.68. The lowest BCUT2D eigenvalue weighted by Crippen LogP contribution is -2.46. The highest BCUT2D eigenvalue weighted by Crippen LogP contribution is 2.19. The van der Waals surface area contributed by atoms with Crippen molar-refractivity contribution in [2.24, 2.45) is 0 Å². The molecular formula is C23H25N3O5. The fourth-order valence-electron chi connectivity index (χ4n) is 3.48. The van der Waals surface area contributed by atoms with Gasteiger partial charge in [-0.1, -0.05) is 12.1 Å². The maximum atomic E-state index is 12.8. The van der Waals surface area contributed by atoms with Crippen LogP contribution >= 0.6 is 0 Å². The van der Waals surface area contributed by atoms with Crippen molar-refractivity contribution in [2.45, 2.75) is 32.7 Å². The number of rotatable bonds is 5. The fourth-order valence-corrected chi connectivity index (χ4v) is 3.48. The van der Waals surface area contributed by atoms with Gasteiger partial charge in [-0.05, 0) is 49.2 Å². The highest BCUT2D eigenvalue weighted by atomic mass is 16.5. The molecule has 0 bridgehead atoms. The van der Waals surface area contributed by atoms with E-state index < -0.39 is 5.97 Å². The fraction of sp³-hybridized carbons (Fsp3) is 0.304. The zero-order chi connectivity index (χ0) is 22.4. The molecule has 0 aliphatic carbocycles. The van der Waals surface area contributed by atoms with Crippen LogP contribution < -0.4 is 15.4 Å². The Balaban J connectivity index is 1.55. The quantitative estimate of drug-likeness (QED) is 0.568. The van der Waals surface area contributed by atoms with E-state index in [4.69, 9.17) is 4.74 Å². The molecule has 1 fully saturated rings. The van der Waals surface area contributed by atoms with Gasteiger partial charge in [0.1, 0.15) is 5.75 Å². The summed E-state index contributed by atoms with van der Waals surface area (Å²) in [7, 11) is 0. The van der Waals surface area contributed by atoms with Gasteiger partial charge in [0, 0.05) is 49.8 Å². The third kappa shape index (κ3) is 6.15. The Morgan fingerprint density at radius 1 is 0.935 bits per heavy atom. The smallest absolute Gasteiger partial charge is 0.308 e. The third-order valence-corrected chi connectivity index (χ3v) is 4.91.